The Bertz CT molecular complexity index is 612. The highest BCUT2D eigenvalue weighted by molar-refractivity contribution is 7.13. The fraction of sp³-hybridized carbons (Fsp3) is 0.0909. The topological polar surface area (TPSA) is 38.9 Å². The number of aromatic nitrogens is 2. The first-order valence-electron chi connectivity index (χ1n) is 4.59. The molecule has 0 aliphatic rings. The molecule has 74 valence electrons. The molecule has 0 unspecified atom stereocenters. The van der Waals surface area contributed by atoms with E-state index in [0.29, 0.717) is 0 Å². The fourth-order valence-corrected chi connectivity index (χ4v) is 2.27. The lowest BCUT2D eigenvalue weighted by molar-refractivity contribution is 0.602. The van der Waals surface area contributed by atoms with Gasteiger partial charge < -0.3 is 4.42 Å². The van der Waals surface area contributed by atoms with Gasteiger partial charge in [-0.2, -0.15) is 0 Å². The highest BCUT2D eigenvalue weighted by Crippen LogP contribution is 2.26. The number of rotatable bonds is 1. The second-order valence-corrected chi connectivity index (χ2v) is 4.19. The van der Waals surface area contributed by atoms with Crippen LogP contribution in [0.25, 0.3) is 21.7 Å². The number of oxazole rings is 1. The Morgan fingerprint density at radius 1 is 1.33 bits per heavy atom. The maximum atomic E-state index is 5.25. The van der Waals surface area contributed by atoms with Crippen molar-refractivity contribution < 1.29 is 4.42 Å². The predicted octanol–water partition coefficient (Wildman–Crippen LogP) is 3.26. The van der Waals surface area contributed by atoms with Gasteiger partial charge in [0.25, 0.3) is 0 Å². The second kappa shape index (κ2) is 3.17. The van der Waals surface area contributed by atoms with E-state index in [2.05, 4.69) is 9.97 Å². The van der Waals surface area contributed by atoms with Crippen LogP contribution in [0, 0.1) is 6.92 Å². The standard InChI is InChI=1S/C11H8N2OS/c1-7-5-15-11(13-7)8-2-3-9-10(4-8)14-6-12-9/h2-6H,1H3. The van der Waals surface area contributed by atoms with Crippen LogP contribution in [0.4, 0.5) is 0 Å². The first kappa shape index (κ1) is 8.61. The van der Waals surface area contributed by atoms with Crippen LogP contribution in [-0.4, -0.2) is 9.97 Å². The summed E-state index contributed by atoms with van der Waals surface area (Å²) in [7, 11) is 0. The van der Waals surface area contributed by atoms with Crippen LogP contribution >= 0.6 is 11.3 Å². The van der Waals surface area contributed by atoms with Gasteiger partial charge in [0.15, 0.2) is 12.0 Å². The molecule has 0 N–H and O–H groups in total. The zero-order chi connectivity index (χ0) is 10.3. The molecule has 0 bridgehead atoms. The van der Waals surface area contributed by atoms with Gasteiger partial charge in [0.1, 0.15) is 10.5 Å². The minimum absolute atomic E-state index is 0.806. The van der Waals surface area contributed by atoms with Crippen molar-refractivity contribution in [3.63, 3.8) is 0 Å². The average Bonchev–Trinajstić information content (AvgIpc) is 2.84. The van der Waals surface area contributed by atoms with Crippen LogP contribution in [0.1, 0.15) is 5.69 Å². The molecule has 1 aromatic carbocycles. The Labute approximate surface area is 90.4 Å². The van der Waals surface area contributed by atoms with Crippen LogP contribution in [0.15, 0.2) is 34.4 Å². The normalized spacial score (nSPS) is 11.0. The van der Waals surface area contributed by atoms with Gasteiger partial charge in [-0.15, -0.1) is 11.3 Å². The quantitative estimate of drug-likeness (QED) is 0.626. The molecule has 2 aromatic heterocycles. The van der Waals surface area contributed by atoms with E-state index in [1.165, 1.54) is 6.39 Å². The van der Waals surface area contributed by atoms with Crippen LogP contribution in [-0.2, 0) is 0 Å². The monoisotopic (exact) mass is 216 g/mol. The van der Waals surface area contributed by atoms with Crippen molar-refractivity contribution in [2.75, 3.05) is 0 Å². The SMILES string of the molecule is Cc1csc(-c2ccc3ncoc3c2)n1. The lowest BCUT2D eigenvalue weighted by Gasteiger charge is -1.94. The summed E-state index contributed by atoms with van der Waals surface area (Å²) in [5.74, 6) is 0. The molecule has 0 aliphatic heterocycles. The van der Waals surface area contributed by atoms with Gasteiger partial charge in [0.2, 0.25) is 0 Å². The third kappa shape index (κ3) is 1.43. The smallest absolute Gasteiger partial charge is 0.181 e. The Hall–Kier alpha value is -1.68. The fourth-order valence-electron chi connectivity index (χ4n) is 1.47. The van der Waals surface area contributed by atoms with Crippen molar-refractivity contribution >= 4 is 22.4 Å². The molecule has 0 aliphatic carbocycles. The number of hydrogen-bond donors (Lipinski definition) is 0. The van der Waals surface area contributed by atoms with Crippen LogP contribution in [0.3, 0.4) is 0 Å². The molecule has 0 spiro atoms. The molecule has 2 heterocycles. The minimum Gasteiger partial charge on any atom is -0.443 e. The van der Waals surface area contributed by atoms with Gasteiger partial charge in [-0.25, -0.2) is 9.97 Å². The minimum atomic E-state index is 0.806. The third-order valence-corrected chi connectivity index (χ3v) is 3.21. The summed E-state index contributed by atoms with van der Waals surface area (Å²) in [5.41, 5.74) is 3.82. The number of nitrogens with zero attached hydrogens (tertiary/aromatic N) is 2. The lowest BCUT2D eigenvalue weighted by atomic mass is 10.2. The summed E-state index contributed by atoms with van der Waals surface area (Å²) in [6.45, 7) is 1.99. The van der Waals surface area contributed by atoms with Gasteiger partial charge in [0, 0.05) is 16.6 Å². The van der Waals surface area contributed by atoms with Gasteiger partial charge in [-0.05, 0) is 25.1 Å². The molecule has 4 heteroatoms. The molecule has 0 saturated carbocycles. The van der Waals surface area contributed by atoms with Crippen molar-refractivity contribution in [3.8, 4) is 10.6 Å². The second-order valence-electron chi connectivity index (χ2n) is 3.33. The highest BCUT2D eigenvalue weighted by atomic mass is 32.1. The average molecular weight is 216 g/mol. The van der Waals surface area contributed by atoms with Gasteiger partial charge in [-0.3, -0.25) is 0 Å². The summed E-state index contributed by atoms with van der Waals surface area (Å²) in [6, 6.07) is 5.94. The first-order chi connectivity index (χ1) is 7.33. The molecular weight excluding hydrogens is 208 g/mol. The number of benzene rings is 1. The summed E-state index contributed by atoms with van der Waals surface area (Å²) in [4.78, 5) is 8.50. The molecule has 15 heavy (non-hydrogen) atoms. The van der Waals surface area contributed by atoms with Crippen molar-refractivity contribution in [3.05, 3.63) is 35.7 Å². The van der Waals surface area contributed by atoms with Gasteiger partial charge in [-0.1, -0.05) is 0 Å². The van der Waals surface area contributed by atoms with Crippen molar-refractivity contribution in [1.29, 1.82) is 0 Å². The maximum absolute atomic E-state index is 5.25. The number of hydrogen-bond acceptors (Lipinski definition) is 4. The molecular formula is C11H8N2OS. The summed E-state index contributed by atoms with van der Waals surface area (Å²) < 4.78 is 5.25. The molecule has 3 aromatic rings. The predicted molar refractivity (Wildman–Crippen MR) is 59.9 cm³/mol. The molecule has 0 atom stereocenters. The van der Waals surface area contributed by atoms with E-state index in [1.807, 2.05) is 30.5 Å². The Morgan fingerprint density at radius 3 is 3.07 bits per heavy atom. The summed E-state index contributed by atoms with van der Waals surface area (Å²) >= 11 is 1.64. The van der Waals surface area contributed by atoms with E-state index in [9.17, 15) is 0 Å². The van der Waals surface area contributed by atoms with E-state index in [0.717, 1.165) is 27.4 Å². The zero-order valence-electron chi connectivity index (χ0n) is 8.10. The van der Waals surface area contributed by atoms with Crippen LogP contribution < -0.4 is 0 Å². The van der Waals surface area contributed by atoms with E-state index >= 15 is 0 Å². The zero-order valence-corrected chi connectivity index (χ0v) is 8.91. The third-order valence-electron chi connectivity index (χ3n) is 2.20. The maximum Gasteiger partial charge on any atom is 0.181 e. The van der Waals surface area contributed by atoms with E-state index < -0.39 is 0 Å². The van der Waals surface area contributed by atoms with Gasteiger partial charge >= 0.3 is 0 Å². The lowest BCUT2D eigenvalue weighted by Crippen LogP contribution is -1.77. The summed E-state index contributed by atoms with van der Waals surface area (Å²) in [6.07, 6.45) is 1.46. The molecule has 3 nitrogen and oxygen atoms in total. The van der Waals surface area contributed by atoms with Crippen molar-refractivity contribution in [2.45, 2.75) is 6.92 Å². The number of fused-ring (bicyclic) bond motifs is 1. The van der Waals surface area contributed by atoms with E-state index in [-0.39, 0.29) is 0 Å². The Kier molecular flexibility index (Phi) is 1.82. The Morgan fingerprint density at radius 2 is 2.27 bits per heavy atom. The van der Waals surface area contributed by atoms with Crippen molar-refractivity contribution in [2.24, 2.45) is 0 Å². The van der Waals surface area contributed by atoms with Crippen LogP contribution in [0.5, 0.6) is 0 Å². The molecule has 0 saturated heterocycles. The molecule has 0 amide bonds. The van der Waals surface area contributed by atoms with Gasteiger partial charge in [0.05, 0.1) is 0 Å². The van der Waals surface area contributed by atoms with Crippen LogP contribution in [0.2, 0.25) is 0 Å². The number of thiazole rings is 1. The highest BCUT2D eigenvalue weighted by Gasteiger charge is 2.05. The Balaban J connectivity index is 2.18. The van der Waals surface area contributed by atoms with E-state index in [4.69, 9.17) is 4.42 Å². The molecule has 3 rings (SSSR count). The van der Waals surface area contributed by atoms with Crippen molar-refractivity contribution in [1.82, 2.24) is 9.97 Å². The summed E-state index contributed by atoms with van der Waals surface area (Å²) in [5, 5.41) is 3.06. The first-order valence-corrected chi connectivity index (χ1v) is 5.47. The molecule has 0 fully saturated rings. The van der Waals surface area contributed by atoms with E-state index in [1.54, 1.807) is 11.3 Å². The largest absolute Gasteiger partial charge is 0.443 e. The number of aryl methyl sites for hydroxylation is 1. The molecule has 0 radical (unpaired) electrons.